The Balaban J connectivity index is 1.78. The maximum Gasteiger partial charge on any atom is 0.306 e. The SMILES string of the molecule is O=C(O)C1CCC(NC(c2ccccc2)c2cccc(Cl)c2)CC1. The molecule has 0 aromatic heterocycles. The number of aliphatic carboxylic acids is 1. The highest BCUT2D eigenvalue weighted by atomic mass is 35.5. The van der Waals surface area contributed by atoms with Gasteiger partial charge in [0.05, 0.1) is 12.0 Å². The van der Waals surface area contributed by atoms with E-state index in [1.807, 2.05) is 36.4 Å². The zero-order valence-corrected chi connectivity index (χ0v) is 14.2. The standard InChI is InChI=1S/C20H22ClNO2/c21-17-8-4-7-16(13-17)19(14-5-2-1-3-6-14)22-18-11-9-15(10-12-18)20(23)24/h1-8,13,15,18-19,22H,9-12H2,(H,23,24). The minimum atomic E-state index is -0.664. The van der Waals surface area contributed by atoms with Crippen LogP contribution in [0.1, 0.15) is 42.9 Å². The Labute approximate surface area is 147 Å². The van der Waals surface area contributed by atoms with Gasteiger partial charge in [-0.05, 0) is 48.9 Å². The zero-order chi connectivity index (χ0) is 16.9. The quantitative estimate of drug-likeness (QED) is 0.829. The van der Waals surface area contributed by atoms with Crippen molar-refractivity contribution >= 4 is 17.6 Å². The lowest BCUT2D eigenvalue weighted by molar-refractivity contribution is -0.142. The monoisotopic (exact) mass is 343 g/mol. The average Bonchev–Trinajstić information content (AvgIpc) is 2.61. The van der Waals surface area contributed by atoms with Crippen LogP contribution < -0.4 is 5.32 Å². The predicted octanol–water partition coefficient (Wildman–Crippen LogP) is 4.66. The molecule has 1 unspecified atom stereocenters. The summed E-state index contributed by atoms with van der Waals surface area (Å²) >= 11 is 6.18. The van der Waals surface area contributed by atoms with E-state index < -0.39 is 5.97 Å². The van der Waals surface area contributed by atoms with Crippen molar-refractivity contribution in [2.75, 3.05) is 0 Å². The highest BCUT2D eigenvalue weighted by Gasteiger charge is 2.27. The van der Waals surface area contributed by atoms with Crippen molar-refractivity contribution in [1.29, 1.82) is 0 Å². The van der Waals surface area contributed by atoms with Crippen LogP contribution in [0.25, 0.3) is 0 Å². The second-order valence-electron chi connectivity index (χ2n) is 6.45. The number of hydrogen-bond acceptors (Lipinski definition) is 2. The second-order valence-corrected chi connectivity index (χ2v) is 6.89. The van der Waals surface area contributed by atoms with Crippen molar-refractivity contribution in [2.24, 2.45) is 5.92 Å². The summed E-state index contributed by atoms with van der Waals surface area (Å²) in [6, 6.07) is 18.6. The third-order valence-electron chi connectivity index (χ3n) is 4.79. The number of nitrogens with one attached hydrogen (secondary N) is 1. The zero-order valence-electron chi connectivity index (χ0n) is 13.5. The fourth-order valence-corrected chi connectivity index (χ4v) is 3.66. The molecular weight excluding hydrogens is 322 g/mol. The molecule has 3 rings (SSSR count). The first-order chi connectivity index (χ1) is 11.6. The Bertz CT molecular complexity index is 681. The minimum Gasteiger partial charge on any atom is -0.481 e. The van der Waals surface area contributed by atoms with Crippen LogP contribution in [-0.2, 0) is 4.79 Å². The number of rotatable bonds is 5. The molecule has 2 N–H and O–H groups in total. The van der Waals surface area contributed by atoms with Crippen molar-refractivity contribution in [3.8, 4) is 0 Å². The van der Waals surface area contributed by atoms with Gasteiger partial charge in [-0.3, -0.25) is 4.79 Å². The predicted molar refractivity (Wildman–Crippen MR) is 96.3 cm³/mol. The van der Waals surface area contributed by atoms with E-state index in [0.29, 0.717) is 6.04 Å². The molecule has 2 aromatic carbocycles. The van der Waals surface area contributed by atoms with E-state index in [1.165, 1.54) is 5.56 Å². The molecule has 24 heavy (non-hydrogen) atoms. The summed E-state index contributed by atoms with van der Waals surface area (Å²) in [5.74, 6) is -0.854. The van der Waals surface area contributed by atoms with E-state index in [4.69, 9.17) is 16.7 Å². The summed E-state index contributed by atoms with van der Waals surface area (Å²) in [5, 5.41) is 13.6. The largest absolute Gasteiger partial charge is 0.481 e. The van der Waals surface area contributed by atoms with E-state index >= 15 is 0 Å². The fourth-order valence-electron chi connectivity index (χ4n) is 3.46. The Hall–Kier alpha value is -1.84. The molecule has 0 radical (unpaired) electrons. The molecular formula is C20H22ClNO2. The van der Waals surface area contributed by atoms with Crippen LogP contribution in [0.3, 0.4) is 0 Å². The first-order valence-electron chi connectivity index (χ1n) is 8.43. The van der Waals surface area contributed by atoms with Crippen molar-refractivity contribution in [2.45, 2.75) is 37.8 Å². The maximum atomic E-state index is 11.1. The summed E-state index contributed by atoms with van der Waals surface area (Å²) in [6.45, 7) is 0. The smallest absolute Gasteiger partial charge is 0.306 e. The van der Waals surface area contributed by atoms with Crippen LogP contribution in [0.15, 0.2) is 54.6 Å². The topological polar surface area (TPSA) is 49.3 Å². The molecule has 0 saturated heterocycles. The van der Waals surface area contributed by atoms with Gasteiger partial charge in [0.2, 0.25) is 0 Å². The second kappa shape index (κ2) is 7.82. The number of hydrogen-bond donors (Lipinski definition) is 2. The molecule has 4 heteroatoms. The van der Waals surface area contributed by atoms with Crippen molar-refractivity contribution in [3.63, 3.8) is 0 Å². The molecule has 2 aromatic rings. The minimum absolute atomic E-state index is 0.0660. The third kappa shape index (κ3) is 4.16. The van der Waals surface area contributed by atoms with E-state index in [1.54, 1.807) is 0 Å². The molecule has 0 amide bonds. The van der Waals surface area contributed by atoms with Gasteiger partial charge in [-0.25, -0.2) is 0 Å². The van der Waals surface area contributed by atoms with Crippen molar-refractivity contribution in [1.82, 2.24) is 5.32 Å². The molecule has 0 bridgehead atoms. The fraction of sp³-hybridized carbons (Fsp3) is 0.350. The van der Waals surface area contributed by atoms with Gasteiger partial charge in [-0.15, -0.1) is 0 Å². The first kappa shape index (κ1) is 17.0. The highest BCUT2D eigenvalue weighted by Crippen LogP contribution is 2.30. The van der Waals surface area contributed by atoms with Gasteiger partial charge in [0.1, 0.15) is 0 Å². The lowest BCUT2D eigenvalue weighted by Crippen LogP contribution is -2.37. The summed E-state index contributed by atoms with van der Waals surface area (Å²) in [4.78, 5) is 11.1. The summed E-state index contributed by atoms with van der Waals surface area (Å²) in [5.41, 5.74) is 2.33. The van der Waals surface area contributed by atoms with E-state index in [9.17, 15) is 4.79 Å². The molecule has 126 valence electrons. The molecule has 0 spiro atoms. The highest BCUT2D eigenvalue weighted by molar-refractivity contribution is 6.30. The molecule has 0 aliphatic heterocycles. The van der Waals surface area contributed by atoms with E-state index in [2.05, 4.69) is 23.5 Å². The number of carbonyl (C=O) groups is 1. The van der Waals surface area contributed by atoms with E-state index in [-0.39, 0.29) is 12.0 Å². The first-order valence-corrected chi connectivity index (χ1v) is 8.80. The molecule has 1 fully saturated rings. The summed E-state index contributed by atoms with van der Waals surface area (Å²) < 4.78 is 0. The lowest BCUT2D eigenvalue weighted by atomic mass is 9.85. The Kier molecular flexibility index (Phi) is 5.54. The van der Waals surface area contributed by atoms with Crippen LogP contribution in [0.4, 0.5) is 0 Å². The van der Waals surface area contributed by atoms with Gasteiger partial charge in [0.15, 0.2) is 0 Å². The van der Waals surface area contributed by atoms with Crippen LogP contribution in [0.2, 0.25) is 5.02 Å². The lowest BCUT2D eigenvalue weighted by Gasteiger charge is -2.31. The number of halogens is 1. The van der Waals surface area contributed by atoms with Gasteiger partial charge < -0.3 is 10.4 Å². The number of benzene rings is 2. The Morgan fingerprint density at radius 2 is 1.67 bits per heavy atom. The van der Waals surface area contributed by atoms with E-state index in [0.717, 1.165) is 36.3 Å². The van der Waals surface area contributed by atoms with Gasteiger partial charge in [0, 0.05) is 11.1 Å². The van der Waals surface area contributed by atoms with Gasteiger partial charge in [-0.1, -0.05) is 54.1 Å². The van der Waals surface area contributed by atoms with Gasteiger partial charge in [0.25, 0.3) is 0 Å². The van der Waals surface area contributed by atoms with Crippen LogP contribution in [0, 0.1) is 5.92 Å². The number of carboxylic acids is 1. The van der Waals surface area contributed by atoms with Crippen LogP contribution in [0.5, 0.6) is 0 Å². The molecule has 0 heterocycles. The molecule has 1 aliphatic carbocycles. The molecule has 1 aliphatic rings. The average molecular weight is 344 g/mol. The van der Waals surface area contributed by atoms with Gasteiger partial charge in [-0.2, -0.15) is 0 Å². The summed E-state index contributed by atoms with van der Waals surface area (Å²) in [7, 11) is 0. The molecule has 3 nitrogen and oxygen atoms in total. The Morgan fingerprint density at radius 3 is 2.29 bits per heavy atom. The van der Waals surface area contributed by atoms with Crippen LogP contribution in [-0.4, -0.2) is 17.1 Å². The molecule has 1 saturated carbocycles. The van der Waals surface area contributed by atoms with Gasteiger partial charge >= 0.3 is 5.97 Å². The summed E-state index contributed by atoms with van der Waals surface area (Å²) in [6.07, 6.45) is 3.26. The maximum absolute atomic E-state index is 11.1. The normalized spacial score (nSPS) is 22.0. The van der Waals surface area contributed by atoms with Crippen molar-refractivity contribution < 1.29 is 9.90 Å². The number of carboxylic acid groups (broad SMARTS) is 1. The Morgan fingerprint density at radius 1 is 1.00 bits per heavy atom. The molecule has 1 atom stereocenters. The van der Waals surface area contributed by atoms with Crippen LogP contribution >= 0.6 is 11.6 Å². The third-order valence-corrected chi connectivity index (χ3v) is 5.03. The van der Waals surface area contributed by atoms with Crippen molar-refractivity contribution in [3.05, 3.63) is 70.7 Å².